The van der Waals surface area contributed by atoms with Crippen molar-refractivity contribution in [3.8, 4) is 0 Å². The first-order chi connectivity index (χ1) is 10.4. The lowest BCUT2D eigenvalue weighted by Crippen LogP contribution is -2.33. The third-order valence-electron chi connectivity index (χ3n) is 3.80. The Morgan fingerprint density at radius 3 is 3.00 bits per heavy atom. The summed E-state index contributed by atoms with van der Waals surface area (Å²) in [5.74, 6) is 0. The highest BCUT2D eigenvalue weighted by molar-refractivity contribution is 7.07. The van der Waals surface area contributed by atoms with Gasteiger partial charge in [0.25, 0.3) is 0 Å². The minimum atomic E-state index is 0.479. The van der Waals surface area contributed by atoms with Crippen molar-refractivity contribution in [3.05, 3.63) is 53.0 Å². The number of imidazole rings is 1. The zero-order valence-corrected chi connectivity index (χ0v) is 13.1. The Balaban J connectivity index is 1.69. The second-order valence-corrected chi connectivity index (χ2v) is 6.09. The Morgan fingerprint density at radius 2 is 2.19 bits per heavy atom. The van der Waals surface area contributed by atoms with Crippen molar-refractivity contribution in [2.24, 2.45) is 0 Å². The Hall–Kier alpha value is -1.65. The number of likely N-dealkylation sites (N-methyl/N-ethyl adjacent to an activating group) is 1. The number of aryl methyl sites for hydroxylation is 1. The van der Waals surface area contributed by atoms with E-state index in [2.05, 4.69) is 56.8 Å². The van der Waals surface area contributed by atoms with Gasteiger partial charge in [0, 0.05) is 12.6 Å². The van der Waals surface area contributed by atoms with Crippen molar-refractivity contribution in [2.75, 3.05) is 6.54 Å². The van der Waals surface area contributed by atoms with Crippen LogP contribution in [0.4, 0.5) is 0 Å². The summed E-state index contributed by atoms with van der Waals surface area (Å²) < 4.78 is 2.26. The summed E-state index contributed by atoms with van der Waals surface area (Å²) in [4.78, 5) is 4.48. The maximum absolute atomic E-state index is 4.48. The van der Waals surface area contributed by atoms with E-state index < -0.39 is 0 Å². The van der Waals surface area contributed by atoms with E-state index in [-0.39, 0.29) is 0 Å². The first-order valence-corrected chi connectivity index (χ1v) is 8.45. The molecule has 1 unspecified atom stereocenters. The number of hydrogen-bond donors (Lipinski definition) is 1. The fourth-order valence-electron chi connectivity index (χ4n) is 2.72. The second kappa shape index (κ2) is 6.87. The van der Waals surface area contributed by atoms with Crippen LogP contribution < -0.4 is 5.32 Å². The van der Waals surface area contributed by atoms with Gasteiger partial charge in [-0.25, -0.2) is 4.98 Å². The van der Waals surface area contributed by atoms with Crippen LogP contribution in [0.25, 0.3) is 11.0 Å². The van der Waals surface area contributed by atoms with Crippen LogP contribution in [0.1, 0.15) is 18.9 Å². The summed E-state index contributed by atoms with van der Waals surface area (Å²) in [6, 6.07) is 11.0. The third-order valence-corrected chi connectivity index (χ3v) is 4.53. The molecule has 0 fully saturated rings. The predicted molar refractivity (Wildman–Crippen MR) is 89.8 cm³/mol. The van der Waals surface area contributed by atoms with Gasteiger partial charge in [-0.05, 0) is 53.9 Å². The molecule has 110 valence electrons. The number of rotatable bonds is 7. The summed E-state index contributed by atoms with van der Waals surface area (Å²) in [7, 11) is 0. The molecule has 0 saturated carbocycles. The topological polar surface area (TPSA) is 29.9 Å². The number of fused-ring (bicyclic) bond motifs is 1. The maximum Gasteiger partial charge on any atom is 0.0958 e. The zero-order valence-electron chi connectivity index (χ0n) is 12.3. The summed E-state index contributed by atoms with van der Waals surface area (Å²) in [5, 5.41) is 8.00. The highest BCUT2D eigenvalue weighted by atomic mass is 32.1. The molecule has 0 aliphatic heterocycles. The fourth-order valence-corrected chi connectivity index (χ4v) is 3.42. The number of nitrogens with zero attached hydrogens (tertiary/aromatic N) is 2. The van der Waals surface area contributed by atoms with Crippen LogP contribution >= 0.6 is 11.3 Å². The number of thiophene rings is 1. The SMILES string of the molecule is CCNC(CCc1ccsc1)Cn1cnc2ccccc21. The van der Waals surface area contributed by atoms with E-state index in [4.69, 9.17) is 0 Å². The molecule has 3 nitrogen and oxygen atoms in total. The van der Waals surface area contributed by atoms with Crippen molar-refractivity contribution < 1.29 is 0 Å². The molecule has 1 atom stereocenters. The lowest BCUT2D eigenvalue weighted by molar-refractivity contribution is 0.437. The Bertz CT molecular complexity index is 672. The lowest BCUT2D eigenvalue weighted by atomic mass is 10.1. The van der Waals surface area contributed by atoms with E-state index in [1.807, 2.05) is 12.4 Å². The highest BCUT2D eigenvalue weighted by Crippen LogP contribution is 2.15. The number of benzene rings is 1. The molecule has 3 aromatic rings. The Morgan fingerprint density at radius 1 is 1.29 bits per heavy atom. The van der Waals surface area contributed by atoms with Crippen LogP contribution in [0.2, 0.25) is 0 Å². The van der Waals surface area contributed by atoms with E-state index in [1.165, 1.54) is 11.1 Å². The number of para-hydroxylation sites is 2. The van der Waals surface area contributed by atoms with Crippen LogP contribution in [0.5, 0.6) is 0 Å². The molecule has 0 spiro atoms. The van der Waals surface area contributed by atoms with Crippen LogP contribution in [-0.2, 0) is 13.0 Å². The molecule has 2 aromatic heterocycles. The predicted octanol–water partition coefficient (Wildman–Crippen LogP) is 3.71. The smallest absolute Gasteiger partial charge is 0.0958 e. The monoisotopic (exact) mass is 299 g/mol. The number of nitrogens with one attached hydrogen (secondary N) is 1. The van der Waals surface area contributed by atoms with Gasteiger partial charge in [-0.1, -0.05) is 19.1 Å². The Kier molecular flexibility index (Phi) is 4.68. The summed E-state index contributed by atoms with van der Waals surface area (Å²) in [5.41, 5.74) is 3.74. The van der Waals surface area contributed by atoms with Crippen molar-refractivity contribution in [3.63, 3.8) is 0 Å². The molecular weight excluding hydrogens is 278 g/mol. The standard InChI is InChI=1S/C17H21N3S/c1-2-18-15(8-7-14-9-10-21-12-14)11-20-13-19-16-5-3-4-6-17(16)20/h3-6,9-10,12-13,15,18H,2,7-8,11H2,1H3. The largest absolute Gasteiger partial charge is 0.329 e. The summed E-state index contributed by atoms with van der Waals surface area (Å²) in [6.45, 7) is 4.14. The molecule has 21 heavy (non-hydrogen) atoms. The third kappa shape index (κ3) is 3.52. The van der Waals surface area contributed by atoms with E-state index in [9.17, 15) is 0 Å². The fraction of sp³-hybridized carbons (Fsp3) is 0.353. The molecule has 1 N–H and O–H groups in total. The van der Waals surface area contributed by atoms with Gasteiger partial charge in [0.2, 0.25) is 0 Å². The van der Waals surface area contributed by atoms with Crippen LogP contribution in [0.15, 0.2) is 47.4 Å². The van der Waals surface area contributed by atoms with Gasteiger partial charge >= 0.3 is 0 Å². The van der Waals surface area contributed by atoms with E-state index >= 15 is 0 Å². The number of hydrogen-bond acceptors (Lipinski definition) is 3. The second-order valence-electron chi connectivity index (χ2n) is 5.31. The average Bonchev–Trinajstić information content (AvgIpc) is 3.15. The molecule has 0 saturated heterocycles. The highest BCUT2D eigenvalue weighted by Gasteiger charge is 2.11. The zero-order chi connectivity index (χ0) is 14.5. The molecular formula is C17H21N3S. The first kappa shape index (κ1) is 14.3. The summed E-state index contributed by atoms with van der Waals surface area (Å²) >= 11 is 1.78. The normalized spacial score (nSPS) is 12.8. The lowest BCUT2D eigenvalue weighted by Gasteiger charge is -2.18. The van der Waals surface area contributed by atoms with Gasteiger partial charge in [0.15, 0.2) is 0 Å². The van der Waals surface area contributed by atoms with Gasteiger partial charge in [0.1, 0.15) is 0 Å². The molecule has 0 bridgehead atoms. The van der Waals surface area contributed by atoms with Crippen molar-refractivity contribution in [2.45, 2.75) is 32.4 Å². The van der Waals surface area contributed by atoms with Crippen LogP contribution in [-0.4, -0.2) is 22.1 Å². The van der Waals surface area contributed by atoms with Crippen LogP contribution in [0.3, 0.4) is 0 Å². The van der Waals surface area contributed by atoms with E-state index in [0.717, 1.165) is 31.4 Å². The average molecular weight is 299 g/mol. The quantitative estimate of drug-likeness (QED) is 0.721. The van der Waals surface area contributed by atoms with Gasteiger partial charge in [-0.3, -0.25) is 0 Å². The van der Waals surface area contributed by atoms with E-state index in [0.29, 0.717) is 6.04 Å². The van der Waals surface area contributed by atoms with Gasteiger partial charge < -0.3 is 9.88 Å². The summed E-state index contributed by atoms with van der Waals surface area (Å²) in [6.07, 6.45) is 4.24. The first-order valence-electron chi connectivity index (χ1n) is 7.51. The van der Waals surface area contributed by atoms with E-state index in [1.54, 1.807) is 11.3 Å². The molecule has 0 aliphatic rings. The van der Waals surface area contributed by atoms with Gasteiger partial charge in [0.05, 0.1) is 17.4 Å². The van der Waals surface area contributed by atoms with Crippen molar-refractivity contribution in [1.82, 2.24) is 14.9 Å². The molecule has 0 amide bonds. The van der Waals surface area contributed by atoms with Crippen molar-refractivity contribution in [1.29, 1.82) is 0 Å². The molecule has 0 radical (unpaired) electrons. The minimum absolute atomic E-state index is 0.479. The molecule has 2 heterocycles. The molecule has 0 aliphatic carbocycles. The molecule has 3 rings (SSSR count). The maximum atomic E-state index is 4.48. The molecule has 4 heteroatoms. The van der Waals surface area contributed by atoms with Crippen molar-refractivity contribution >= 4 is 22.4 Å². The van der Waals surface area contributed by atoms with Gasteiger partial charge in [-0.15, -0.1) is 0 Å². The Labute approximate surface area is 129 Å². The molecule has 1 aromatic carbocycles. The van der Waals surface area contributed by atoms with Gasteiger partial charge in [-0.2, -0.15) is 11.3 Å². The minimum Gasteiger partial charge on any atom is -0.329 e. The number of aromatic nitrogens is 2. The van der Waals surface area contributed by atoms with Crippen LogP contribution in [0, 0.1) is 0 Å².